The van der Waals surface area contributed by atoms with Gasteiger partial charge in [-0.25, -0.2) is 0 Å². The van der Waals surface area contributed by atoms with Crippen molar-refractivity contribution in [3.63, 3.8) is 0 Å². The van der Waals surface area contributed by atoms with E-state index in [0.29, 0.717) is 6.04 Å². The van der Waals surface area contributed by atoms with Crippen LogP contribution in [0.2, 0.25) is 0 Å². The van der Waals surface area contributed by atoms with E-state index in [2.05, 4.69) is 34.5 Å². The van der Waals surface area contributed by atoms with E-state index in [0.717, 1.165) is 36.7 Å². The van der Waals surface area contributed by atoms with Gasteiger partial charge in [-0.1, -0.05) is 22.5 Å². The van der Waals surface area contributed by atoms with Crippen molar-refractivity contribution >= 4 is 15.9 Å². The minimum absolute atomic E-state index is 0.0585. The van der Waals surface area contributed by atoms with Crippen LogP contribution in [0.15, 0.2) is 11.1 Å². The Morgan fingerprint density at radius 2 is 2.00 bits per heavy atom. The third-order valence-electron chi connectivity index (χ3n) is 2.71. The quantitative estimate of drug-likeness (QED) is 0.827. The van der Waals surface area contributed by atoms with Gasteiger partial charge in [0.05, 0.1) is 6.10 Å². The molecule has 13 heavy (non-hydrogen) atoms. The zero-order chi connectivity index (χ0) is 9.84. The summed E-state index contributed by atoms with van der Waals surface area (Å²) in [4.78, 5) is 2.31. The SMILES string of the molecule is C=C(Br)CN(C)C1CCC(O)CC1. The standard InChI is InChI=1S/C10H18BrNO/c1-8(11)7-12(2)9-3-5-10(13)6-4-9/h9-10,13H,1,3-7H2,2H3. The molecule has 0 aromatic heterocycles. The molecule has 0 saturated heterocycles. The lowest BCUT2D eigenvalue weighted by Gasteiger charge is -2.32. The van der Waals surface area contributed by atoms with E-state index in [4.69, 9.17) is 0 Å². The number of halogens is 1. The topological polar surface area (TPSA) is 23.5 Å². The predicted molar refractivity (Wildman–Crippen MR) is 59.0 cm³/mol. The van der Waals surface area contributed by atoms with Crippen LogP contribution in [0.25, 0.3) is 0 Å². The van der Waals surface area contributed by atoms with Crippen LogP contribution in [0.3, 0.4) is 0 Å². The van der Waals surface area contributed by atoms with E-state index in [9.17, 15) is 5.11 Å². The highest BCUT2D eigenvalue weighted by molar-refractivity contribution is 9.11. The molecular weight excluding hydrogens is 230 g/mol. The zero-order valence-corrected chi connectivity index (χ0v) is 9.76. The number of hydrogen-bond acceptors (Lipinski definition) is 2. The van der Waals surface area contributed by atoms with Crippen molar-refractivity contribution in [2.45, 2.75) is 37.8 Å². The van der Waals surface area contributed by atoms with Gasteiger partial charge < -0.3 is 5.11 Å². The Kier molecular flexibility index (Phi) is 4.42. The highest BCUT2D eigenvalue weighted by atomic mass is 79.9. The summed E-state index contributed by atoms with van der Waals surface area (Å²) in [7, 11) is 2.12. The molecule has 1 aliphatic carbocycles. The molecule has 3 heteroatoms. The van der Waals surface area contributed by atoms with Gasteiger partial charge in [-0.2, -0.15) is 0 Å². The van der Waals surface area contributed by atoms with Crippen molar-refractivity contribution in [2.24, 2.45) is 0 Å². The van der Waals surface area contributed by atoms with Crippen molar-refractivity contribution in [3.8, 4) is 0 Å². The number of hydrogen-bond donors (Lipinski definition) is 1. The number of likely N-dealkylation sites (N-methyl/N-ethyl adjacent to an activating group) is 1. The summed E-state index contributed by atoms with van der Waals surface area (Å²) in [5.41, 5.74) is 0. The Morgan fingerprint density at radius 3 is 2.46 bits per heavy atom. The maximum absolute atomic E-state index is 9.35. The van der Waals surface area contributed by atoms with Crippen LogP contribution in [0.4, 0.5) is 0 Å². The second-order valence-electron chi connectivity index (χ2n) is 3.89. The first kappa shape index (κ1) is 11.2. The first-order chi connectivity index (χ1) is 6.09. The minimum Gasteiger partial charge on any atom is -0.393 e. The van der Waals surface area contributed by atoms with Gasteiger partial charge in [0, 0.05) is 17.1 Å². The molecule has 0 spiro atoms. The summed E-state index contributed by atoms with van der Waals surface area (Å²) in [5, 5.41) is 9.35. The second-order valence-corrected chi connectivity index (χ2v) is 5.02. The van der Waals surface area contributed by atoms with Crippen molar-refractivity contribution in [1.29, 1.82) is 0 Å². The third kappa shape index (κ3) is 3.79. The largest absolute Gasteiger partial charge is 0.393 e. The molecule has 0 bridgehead atoms. The lowest BCUT2D eigenvalue weighted by atomic mass is 9.92. The first-order valence-electron chi connectivity index (χ1n) is 4.81. The molecule has 2 nitrogen and oxygen atoms in total. The van der Waals surface area contributed by atoms with Gasteiger partial charge in [0.15, 0.2) is 0 Å². The van der Waals surface area contributed by atoms with Crippen LogP contribution in [0.5, 0.6) is 0 Å². The number of rotatable bonds is 3. The smallest absolute Gasteiger partial charge is 0.0541 e. The molecule has 0 radical (unpaired) electrons. The fraction of sp³-hybridized carbons (Fsp3) is 0.800. The van der Waals surface area contributed by atoms with Gasteiger partial charge in [-0.15, -0.1) is 0 Å². The van der Waals surface area contributed by atoms with E-state index < -0.39 is 0 Å². The zero-order valence-electron chi connectivity index (χ0n) is 8.17. The van der Waals surface area contributed by atoms with Crippen LogP contribution < -0.4 is 0 Å². The van der Waals surface area contributed by atoms with Gasteiger partial charge in [-0.05, 0) is 32.7 Å². The van der Waals surface area contributed by atoms with Gasteiger partial charge >= 0.3 is 0 Å². The summed E-state index contributed by atoms with van der Waals surface area (Å²) in [6.07, 6.45) is 4.06. The molecule has 1 aliphatic rings. The maximum Gasteiger partial charge on any atom is 0.0541 e. The Hall–Kier alpha value is 0.140. The van der Waals surface area contributed by atoms with Crippen molar-refractivity contribution in [1.82, 2.24) is 4.90 Å². The van der Waals surface area contributed by atoms with E-state index in [1.54, 1.807) is 0 Å². The highest BCUT2D eigenvalue weighted by Gasteiger charge is 2.22. The van der Waals surface area contributed by atoms with Gasteiger partial charge in [-0.3, -0.25) is 4.90 Å². The normalized spacial score (nSPS) is 29.2. The molecule has 0 unspecified atom stereocenters. The van der Waals surface area contributed by atoms with Crippen LogP contribution in [0.1, 0.15) is 25.7 Å². The molecule has 0 aromatic rings. The molecule has 1 N–H and O–H groups in total. The average Bonchev–Trinajstić information content (AvgIpc) is 2.04. The fourth-order valence-corrected chi connectivity index (χ4v) is 2.29. The van der Waals surface area contributed by atoms with E-state index in [-0.39, 0.29) is 6.10 Å². The third-order valence-corrected chi connectivity index (χ3v) is 2.96. The molecule has 1 rings (SSSR count). The molecular formula is C10H18BrNO. The lowest BCUT2D eigenvalue weighted by molar-refractivity contribution is 0.0880. The van der Waals surface area contributed by atoms with Gasteiger partial charge in [0.1, 0.15) is 0 Å². The van der Waals surface area contributed by atoms with Crippen LogP contribution in [-0.4, -0.2) is 35.7 Å². The fourth-order valence-electron chi connectivity index (χ4n) is 1.90. The van der Waals surface area contributed by atoms with Crippen molar-refractivity contribution in [2.75, 3.05) is 13.6 Å². The average molecular weight is 248 g/mol. The molecule has 0 atom stereocenters. The Balaban J connectivity index is 2.31. The molecule has 0 heterocycles. The summed E-state index contributed by atoms with van der Waals surface area (Å²) in [6.45, 7) is 4.73. The molecule has 1 fully saturated rings. The molecule has 76 valence electrons. The predicted octanol–water partition coefficient (Wildman–Crippen LogP) is 2.13. The maximum atomic E-state index is 9.35. The van der Waals surface area contributed by atoms with Crippen LogP contribution >= 0.6 is 15.9 Å². The van der Waals surface area contributed by atoms with Crippen LogP contribution in [-0.2, 0) is 0 Å². The number of nitrogens with zero attached hydrogens (tertiary/aromatic N) is 1. The highest BCUT2D eigenvalue weighted by Crippen LogP contribution is 2.22. The van der Waals surface area contributed by atoms with E-state index in [1.807, 2.05) is 0 Å². The minimum atomic E-state index is -0.0585. The summed E-state index contributed by atoms with van der Waals surface area (Å²) >= 11 is 3.37. The monoisotopic (exact) mass is 247 g/mol. The molecule has 0 amide bonds. The van der Waals surface area contributed by atoms with Crippen molar-refractivity contribution < 1.29 is 5.11 Å². The Labute approximate surface area is 88.7 Å². The number of aliphatic hydroxyl groups excluding tert-OH is 1. The first-order valence-corrected chi connectivity index (χ1v) is 5.60. The summed E-state index contributed by atoms with van der Waals surface area (Å²) in [5.74, 6) is 0. The lowest BCUT2D eigenvalue weighted by Crippen LogP contribution is -2.36. The molecule has 0 aromatic carbocycles. The molecule has 0 aliphatic heterocycles. The van der Waals surface area contributed by atoms with Gasteiger partial charge in [0.25, 0.3) is 0 Å². The van der Waals surface area contributed by atoms with Crippen LogP contribution in [0, 0.1) is 0 Å². The Morgan fingerprint density at radius 1 is 1.46 bits per heavy atom. The second kappa shape index (κ2) is 5.13. The van der Waals surface area contributed by atoms with Gasteiger partial charge in [0.2, 0.25) is 0 Å². The van der Waals surface area contributed by atoms with E-state index in [1.165, 1.54) is 0 Å². The molecule has 1 saturated carbocycles. The summed E-state index contributed by atoms with van der Waals surface area (Å²) in [6, 6.07) is 0.623. The summed E-state index contributed by atoms with van der Waals surface area (Å²) < 4.78 is 1.03. The van der Waals surface area contributed by atoms with E-state index >= 15 is 0 Å². The number of aliphatic hydroxyl groups is 1. The Bertz CT molecular complexity index is 176. The van der Waals surface area contributed by atoms with Crippen molar-refractivity contribution in [3.05, 3.63) is 11.1 Å².